The highest BCUT2D eigenvalue weighted by atomic mass is 16.8. The van der Waals surface area contributed by atoms with E-state index in [1.54, 1.807) is 0 Å². The highest BCUT2D eigenvalue weighted by molar-refractivity contribution is 5.76. The maximum Gasteiger partial charge on any atom is 0.219 e. The van der Waals surface area contributed by atoms with E-state index < -0.39 is 285 Å². The molecule has 0 aromatic rings. The molecule has 8 rings (SSSR count). The van der Waals surface area contributed by atoms with Crippen LogP contribution in [0.5, 0.6) is 0 Å². The second-order valence-corrected chi connectivity index (χ2v) is 30.8. The van der Waals surface area contributed by atoms with Crippen LogP contribution in [0.3, 0.4) is 0 Å². The molecule has 48 nitrogen and oxygen atoms in total. The summed E-state index contributed by atoms with van der Waals surface area (Å²) in [5.41, 5.74) is 0. The number of rotatable bonds is 44. The van der Waals surface area contributed by atoms with Crippen molar-refractivity contribution < 1.29 is 218 Å². The minimum atomic E-state index is -1.92. The smallest absolute Gasteiger partial charge is 0.219 e. The Bertz CT molecular complexity index is 2670. The van der Waals surface area contributed by atoms with Crippen molar-refractivity contribution in [2.45, 2.75) is 325 Å². The SMILES string of the molecule is CCNC(=O)CCCCCN(CCO[C@H]1O[C@@H](C)[C@@H](O)[C@@H](O)[C@@H]1O)CCO[C@H]1O[C@H](CO[C@H]2O[C@H](CO)[C@@H](O)[C@H](O)[C@@H]2O)[C@@H](O)[C@H](O[C@H]2O[C@H](CO)[C@@H](O)[C@H](O)[C@@H]2O)[C@@H]1O.CCNC(=O)CCCCCN(CCO[C@H]1O[C@@H](C)[C@@H](O)[C@@H](O)[C@@H]1O)CCO[C@H]1O[C@H](CO[C@H]2O[C@H](CO)[C@@H](O)[C@H](O)[C@@H]2O)[C@@H](O)[C@H](O[C@H]2O[C@H](CO)[C@@H](O)[C@H](O)[C@@H]2O)[C@@H]1O. The molecule has 48 heteroatoms. The normalized spacial score (nSPS) is 42.7. The number of unbranched alkanes of at least 4 members (excludes halogenated alkanes) is 4. The molecule has 8 heterocycles. The third kappa shape index (κ3) is 28.6. The zero-order valence-electron chi connectivity index (χ0n) is 67.3. The zero-order chi connectivity index (χ0) is 88.5. The van der Waals surface area contributed by atoms with E-state index in [-0.39, 0.29) is 64.4 Å². The van der Waals surface area contributed by atoms with E-state index in [9.17, 15) is 142 Å². The monoisotopic (exact) mass is 1760 g/mol. The average molecular weight is 1760 g/mol. The fourth-order valence-corrected chi connectivity index (χ4v) is 14.5. The van der Waals surface area contributed by atoms with Gasteiger partial charge in [0.2, 0.25) is 11.8 Å². The Hall–Kier alpha value is -2.82. The molecule has 0 aromatic heterocycles. The molecule has 8 saturated heterocycles. The van der Waals surface area contributed by atoms with Gasteiger partial charge in [-0.1, -0.05) is 12.8 Å². The molecule has 40 atom stereocenters. The first-order valence-electron chi connectivity index (χ1n) is 40.7. The number of aliphatic hydroxyl groups excluding tert-OH is 26. The zero-order valence-corrected chi connectivity index (χ0v) is 67.3. The second kappa shape index (κ2) is 51.4. The Balaban J connectivity index is 0.000000331. The van der Waals surface area contributed by atoms with Gasteiger partial charge in [0.05, 0.1) is 78.3 Å². The van der Waals surface area contributed by atoms with Crippen molar-refractivity contribution in [1.82, 2.24) is 20.4 Å². The lowest BCUT2D eigenvalue weighted by Crippen LogP contribution is -2.65. The van der Waals surface area contributed by atoms with Crippen molar-refractivity contribution in [2.24, 2.45) is 0 Å². The number of carbonyl (C=O) groups is 2. The molecule has 704 valence electrons. The molecule has 0 radical (unpaired) electrons. The third-order valence-electron chi connectivity index (χ3n) is 22.0. The lowest BCUT2D eigenvalue weighted by atomic mass is 9.96. The van der Waals surface area contributed by atoms with Crippen LogP contribution in [-0.2, 0) is 85.4 Å². The summed E-state index contributed by atoms with van der Waals surface area (Å²) in [6, 6.07) is 0. The predicted molar refractivity (Wildman–Crippen MR) is 394 cm³/mol. The maximum absolute atomic E-state index is 11.9. The van der Waals surface area contributed by atoms with Gasteiger partial charge in [-0.05, 0) is 66.5 Å². The van der Waals surface area contributed by atoms with Gasteiger partial charge < -0.3 is 219 Å². The largest absolute Gasteiger partial charge is 0.394 e. The molecule has 0 unspecified atom stereocenters. The minimum Gasteiger partial charge on any atom is -0.394 e. The minimum absolute atomic E-state index is 0.00269. The molecule has 2 amide bonds. The van der Waals surface area contributed by atoms with Crippen molar-refractivity contribution in [3.8, 4) is 0 Å². The summed E-state index contributed by atoms with van der Waals surface area (Å²) in [6.45, 7) is 4.86. The van der Waals surface area contributed by atoms with Crippen LogP contribution in [0.4, 0.5) is 0 Å². The van der Waals surface area contributed by atoms with Crippen LogP contribution in [-0.4, -0.2) is 518 Å². The lowest BCUT2D eigenvalue weighted by molar-refractivity contribution is -0.366. The van der Waals surface area contributed by atoms with E-state index >= 15 is 0 Å². The number of hydrogen-bond donors (Lipinski definition) is 28. The van der Waals surface area contributed by atoms with Gasteiger partial charge >= 0.3 is 0 Å². The third-order valence-corrected chi connectivity index (χ3v) is 22.0. The van der Waals surface area contributed by atoms with E-state index in [1.807, 2.05) is 23.6 Å². The van der Waals surface area contributed by atoms with Crippen LogP contribution in [0.2, 0.25) is 0 Å². The maximum atomic E-state index is 11.9. The summed E-state index contributed by atoms with van der Waals surface area (Å²) >= 11 is 0. The van der Waals surface area contributed by atoms with Gasteiger partial charge in [-0.25, -0.2) is 0 Å². The summed E-state index contributed by atoms with van der Waals surface area (Å²) < 4.78 is 90.4. The van der Waals surface area contributed by atoms with Crippen molar-refractivity contribution in [2.75, 3.05) is 118 Å². The number of hydrogen-bond acceptors (Lipinski definition) is 46. The fraction of sp³-hybridized carbons (Fsp3) is 0.972. The summed E-state index contributed by atoms with van der Waals surface area (Å²) in [5.74, 6) is -0.129. The van der Waals surface area contributed by atoms with Gasteiger partial charge in [-0.15, -0.1) is 0 Å². The summed E-state index contributed by atoms with van der Waals surface area (Å²) in [5, 5.41) is 275. The van der Waals surface area contributed by atoms with Gasteiger partial charge in [0.25, 0.3) is 0 Å². The molecule has 8 aliphatic heterocycles. The first-order chi connectivity index (χ1) is 57.1. The Morgan fingerprint density at radius 1 is 0.275 bits per heavy atom. The number of aliphatic hydroxyl groups is 26. The first kappa shape index (κ1) is 104. The van der Waals surface area contributed by atoms with Crippen molar-refractivity contribution in [3.05, 3.63) is 0 Å². The van der Waals surface area contributed by atoms with Gasteiger partial charge in [0.15, 0.2) is 50.3 Å². The number of nitrogens with one attached hydrogen (secondary N) is 2. The lowest BCUT2D eigenvalue weighted by Gasteiger charge is -2.46. The number of nitrogens with zero attached hydrogens (tertiary/aromatic N) is 2. The average Bonchev–Trinajstić information content (AvgIpc) is 0.425. The molecular formula is C72H132N4O44. The van der Waals surface area contributed by atoms with E-state index in [0.29, 0.717) is 77.5 Å². The highest BCUT2D eigenvalue weighted by Crippen LogP contribution is 2.35. The van der Waals surface area contributed by atoms with Crippen LogP contribution in [0.25, 0.3) is 0 Å². The highest BCUT2D eigenvalue weighted by Gasteiger charge is 2.56. The molecular weight excluding hydrogens is 1620 g/mol. The fourth-order valence-electron chi connectivity index (χ4n) is 14.5. The number of amides is 2. The topological polar surface area (TPSA) is 738 Å². The predicted octanol–water partition coefficient (Wildman–Crippen LogP) is -15.4. The van der Waals surface area contributed by atoms with Crippen LogP contribution in [0, 0.1) is 0 Å². The molecule has 120 heavy (non-hydrogen) atoms. The molecule has 8 fully saturated rings. The Morgan fingerprint density at radius 2 is 0.525 bits per heavy atom. The van der Waals surface area contributed by atoms with Crippen molar-refractivity contribution >= 4 is 11.8 Å². The summed E-state index contributed by atoms with van der Waals surface area (Å²) in [6.07, 6.45) is -58.8. The van der Waals surface area contributed by atoms with Gasteiger partial charge in [-0.3, -0.25) is 19.4 Å². The van der Waals surface area contributed by atoms with Crippen LogP contribution < -0.4 is 10.6 Å². The quantitative estimate of drug-likeness (QED) is 0.0252. The van der Waals surface area contributed by atoms with Crippen LogP contribution in [0.1, 0.15) is 79.1 Å². The molecule has 0 aliphatic carbocycles. The molecule has 28 N–H and O–H groups in total. The Labute approximate surface area is 691 Å². The van der Waals surface area contributed by atoms with E-state index in [4.69, 9.17) is 75.8 Å². The van der Waals surface area contributed by atoms with E-state index in [0.717, 1.165) is 0 Å². The molecule has 0 spiro atoms. The van der Waals surface area contributed by atoms with Gasteiger partial charge in [0, 0.05) is 52.1 Å². The Kier molecular flexibility index (Phi) is 44.6. The second-order valence-electron chi connectivity index (χ2n) is 30.8. The van der Waals surface area contributed by atoms with Crippen molar-refractivity contribution in [3.63, 3.8) is 0 Å². The van der Waals surface area contributed by atoms with E-state index in [2.05, 4.69) is 10.6 Å². The van der Waals surface area contributed by atoms with Crippen LogP contribution in [0.15, 0.2) is 0 Å². The summed E-state index contributed by atoms with van der Waals surface area (Å²) in [4.78, 5) is 27.6. The first-order valence-corrected chi connectivity index (χ1v) is 40.7. The molecule has 0 bridgehead atoms. The molecule has 0 aromatic carbocycles. The Morgan fingerprint density at radius 3 is 0.808 bits per heavy atom. The van der Waals surface area contributed by atoms with E-state index in [1.165, 1.54) is 13.8 Å². The standard InChI is InChI=1S/2C36H66N2O22/c2*1-3-37-20(41)7-5-4-6-8-38(9-11-53-33-28(49)25(46)21(42)16(2)56-33)10-12-54-35-31(52)32(60-36-30(51)27(48)23(44)18(14-40)58-36)24(45)19(59-35)15-55-34-29(50)26(47)22(43)17(13-39)57-34/h2*16-19,21-36,39-40,42-52H,3-15H2,1-2H3,(H,37,41)/t2*16-,17+,18+,19+,21+,22+,23+,24+,25+,26-,27-,28-,29-,30-,31-,32-,33-,34-,35-,36+/m00/s1. The molecule has 0 saturated carbocycles. The summed E-state index contributed by atoms with van der Waals surface area (Å²) in [7, 11) is 0. The number of ether oxygens (including phenoxy) is 16. The molecule has 8 aliphatic rings. The van der Waals surface area contributed by atoms with Crippen molar-refractivity contribution in [1.29, 1.82) is 0 Å². The van der Waals surface area contributed by atoms with Gasteiger partial charge in [-0.2, -0.15) is 0 Å². The number of carbonyl (C=O) groups excluding carboxylic acids is 2. The van der Waals surface area contributed by atoms with Crippen LogP contribution >= 0.6 is 0 Å². The van der Waals surface area contributed by atoms with Gasteiger partial charge in [0.1, 0.15) is 183 Å².